The van der Waals surface area contributed by atoms with Crippen molar-refractivity contribution < 1.29 is 9.90 Å². The molecule has 0 spiro atoms. The molecule has 0 saturated carbocycles. The number of nitrogens with one attached hydrogen (secondary N) is 1. The number of hydrogen-bond donors (Lipinski definition) is 2. The summed E-state index contributed by atoms with van der Waals surface area (Å²) in [5, 5.41) is 12.6. The van der Waals surface area contributed by atoms with Crippen molar-refractivity contribution in [2.24, 2.45) is 0 Å². The summed E-state index contributed by atoms with van der Waals surface area (Å²) in [5.41, 5.74) is 1.62. The summed E-state index contributed by atoms with van der Waals surface area (Å²) in [6.45, 7) is 2.30. The third-order valence-corrected chi connectivity index (χ3v) is 3.29. The fourth-order valence-electron chi connectivity index (χ4n) is 1.35. The monoisotopic (exact) mass is 249 g/mol. The van der Waals surface area contributed by atoms with Crippen LogP contribution in [0.4, 0.5) is 5.13 Å². The summed E-state index contributed by atoms with van der Waals surface area (Å²) in [7, 11) is 0. The maximum Gasteiger partial charge on any atom is 0.347 e. The van der Waals surface area contributed by atoms with Gasteiger partial charge < -0.3 is 10.4 Å². The number of thiazole rings is 1. The second-order valence-electron chi connectivity index (χ2n) is 3.45. The lowest BCUT2D eigenvalue weighted by molar-refractivity contribution is 0.0701. The van der Waals surface area contributed by atoms with E-state index in [1.165, 1.54) is 0 Å². The first-order valence-corrected chi connectivity index (χ1v) is 5.82. The Balaban J connectivity index is 2.05. The van der Waals surface area contributed by atoms with Gasteiger partial charge in [0.1, 0.15) is 4.88 Å². The molecule has 2 aromatic heterocycles. The second kappa shape index (κ2) is 4.92. The van der Waals surface area contributed by atoms with Gasteiger partial charge in [0, 0.05) is 18.9 Å². The third-order valence-electron chi connectivity index (χ3n) is 2.18. The van der Waals surface area contributed by atoms with E-state index in [0.29, 0.717) is 17.4 Å². The van der Waals surface area contributed by atoms with Gasteiger partial charge in [-0.3, -0.25) is 4.98 Å². The highest BCUT2D eigenvalue weighted by Gasteiger charge is 2.13. The lowest BCUT2D eigenvalue weighted by Crippen LogP contribution is -1.98. The van der Waals surface area contributed by atoms with Crippen LogP contribution >= 0.6 is 11.3 Å². The first kappa shape index (κ1) is 11.5. The van der Waals surface area contributed by atoms with E-state index in [-0.39, 0.29) is 4.88 Å². The minimum atomic E-state index is -0.933. The van der Waals surface area contributed by atoms with Crippen molar-refractivity contribution >= 4 is 22.4 Å². The summed E-state index contributed by atoms with van der Waals surface area (Å²) < 4.78 is 0. The maximum atomic E-state index is 10.8. The molecule has 2 rings (SSSR count). The van der Waals surface area contributed by atoms with E-state index < -0.39 is 5.97 Å². The first-order chi connectivity index (χ1) is 8.16. The van der Waals surface area contributed by atoms with Crippen molar-refractivity contribution in [1.29, 1.82) is 0 Å². The van der Waals surface area contributed by atoms with Gasteiger partial charge in [-0.05, 0) is 24.6 Å². The molecule has 0 aliphatic rings. The number of aromatic nitrogens is 2. The number of pyridine rings is 1. The molecule has 0 atom stereocenters. The zero-order chi connectivity index (χ0) is 12.3. The van der Waals surface area contributed by atoms with Crippen molar-refractivity contribution in [3.63, 3.8) is 0 Å². The van der Waals surface area contributed by atoms with Gasteiger partial charge in [0.25, 0.3) is 0 Å². The lowest BCUT2D eigenvalue weighted by Gasteiger charge is -2.01. The average molecular weight is 249 g/mol. The number of rotatable bonds is 4. The molecule has 0 aromatic carbocycles. The van der Waals surface area contributed by atoms with Crippen LogP contribution in [0.1, 0.15) is 20.9 Å². The van der Waals surface area contributed by atoms with E-state index in [2.05, 4.69) is 15.3 Å². The predicted octanol–water partition coefficient (Wildman–Crippen LogP) is 2.16. The van der Waals surface area contributed by atoms with E-state index >= 15 is 0 Å². The van der Waals surface area contributed by atoms with Crippen LogP contribution in [-0.4, -0.2) is 21.0 Å². The highest BCUT2D eigenvalue weighted by atomic mass is 32.1. The van der Waals surface area contributed by atoms with Gasteiger partial charge in [0.15, 0.2) is 5.13 Å². The van der Waals surface area contributed by atoms with Crippen LogP contribution in [0.25, 0.3) is 0 Å². The van der Waals surface area contributed by atoms with E-state index in [0.717, 1.165) is 16.9 Å². The van der Waals surface area contributed by atoms with Crippen LogP contribution in [0.15, 0.2) is 24.5 Å². The normalized spacial score (nSPS) is 10.2. The van der Waals surface area contributed by atoms with Crippen molar-refractivity contribution in [1.82, 2.24) is 9.97 Å². The van der Waals surface area contributed by atoms with Gasteiger partial charge >= 0.3 is 5.97 Å². The molecule has 0 unspecified atom stereocenters. The van der Waals surface area contributed by atoms with Crippen molar-refractivity contribution in [2.45, 2.75) is 13.5 Å². The highest BCUT2D eigenvalue weighted by molar-refractivity contribution is 7.17. The number of anilines is 1. The van der Waals surface area contributed by atoms with Crippen LogP contribution in [-0.2, 0) is 6.54 Å². The largest absolute Gasteiger partial charge is 0.477 e. The van der Waals surface area contributed by atoms with Crippen LogP contribution < -0.4 is 5.32 Å². The maximum absolute atomic E-state index is 10.8. The Morgan fingerprint density at radius 1 is 1.47 bits per heavy atom. The molecule has 2 aromatic rings. The highest BCUT2D eigenvalue weighted by Crippen LogP contribution is 2.22. The molecule has 88 valence electrons. The predicted molar refractivity (Wildman–Crippen MR) is 65.4 cm³/mol. The third kappa shape index (κ3) is 2.79. The summed E-state index contributed by atoms with van der Waals surface area (Å²) in [4.78, 5) is 19.2. The standard InChI is InChI=1S/C11H11N3O2S/c1-7-9(10(15)16)17-11(14-7)13-6-8-2-4-12-5-3-8/h2-5H,6H2,1H3,(H,13,14)(H,15,16). The van der Waals surface area contributed by atoms with E-state index in [1.54, 1.807) is 19.3 Å². The van der Waals surface area contributed by atoms with E-state index in [1.807, 2.05) is 12.1 Å². The van der Waals surface area contributed by atoms with Crippen molar-refractivity contribution in [3.05, 3.63) is 40.7 Å². The average Bonchev–Trinajstić information content (AvgIpc) is 2.69. The molecular formula is C11H11N3O2S. The molecule has 0 bridgehead atoms. The Bertz CT molecular complexity index is 525. The fraction of sp³-hybridized carbons (Fsp3) is 0.182. The minimum Gasteiger partial charge on any atom is -0.477 e. The van der Waals surface area contributed by atoms with E-state index in [4.69, 9.17) is 5.11 Å². The Labute approximate surface area is 102 Å². The lowest BCUT2D eigenvalue weighted by atomic mass is 10.3. The van der Waals surface area contributed by atoms with E-state index in [9.17, 15) is 4.79 Å². The topological polar surface area (TPSA) is 75.1 Å². The molecular weight excluding hydrogens is 238 g/mol. The number of carboxylic acid groups (broad SMARTS) is 1. The number of carboxylic acids is 1. The van der Waals surface area contributed by atoms with Crippen LogP contribution in [0.2, 0.25) is 0 Å². The van der Waals surface area contributed by atoms with Gasteiger partial charge in [-0.1, -0.05) is 11.3 Å². The summed E-state index contributed by atoms with van der Waals surface area (Å²) in [5.74, 6) is -0.933. The number of carbonyl (C=O) groups is 1. The SMILES string of the molecule is Cc1nc(NCc2ccncc2)sc1C(=O)O. The minimum absolute atomic E-state index is 0.280. The van der Waals surface area contributed by atoms with Gasteiger partial charge in [0.05, 0.1) is 5.69 Å². The molecule has 0 amide bonds. The number of aryl methyl sites for hydroxylation is 1. The smallest absolute Gasteiger partial charge is 0.347 e. The van der Waals surface area contributed by atoms with Crippen molar-refractivity contribution in [2.75, 3.05) is 5.32 Å². The Kier molecular flexibility index (Phi) is 3.34. The van der Waals surface area contributed by atoms with Gasteiger partial charge in [-0.15, -0.1) is 0 Å². The first-order valence-electron chi connectivity index (χ1n) is 5.00. The number of hydrogen-bond acceptors (Lipinski definition) is 5. The molecule has 0 saturated heterocycles. The molecule has 17 heavy (non-hydrogen) atoms. The zero-order valence-corrected chi connectivity index (χ0v) is 9.99. The molecule has 0 aliphatic carbocycles. The number of aromatic carboxylic acids is 1. The molecule has 2 heterocycles. The summed E-state index contributed by atoms with van der Waals surface area (Å²) in [6.07, 6.45) is 3.43. The van der Waals surface area contributed by atoms with Crippen LogP contribution in [0.5, 0.6) is 0 Å². The Morgan fingerprint density at radius 2 is 2.18 bits per heavy atom. The molecule has 0 aliphatic heterocycles. The zero-order valence-electron chi connectivity index (χ0n) is 9.17. The molecule has 6 heteroatoms. The summed E-state index contributed by atoms with van der Waals surface area (Å²) >= 11 is 1.15. The van der Waals surface area contributed by atoms with Gasteiger partial charge in [-0.25, -0.2) is 9.78 Å². The van der Waals surface area contributed by atoms with Crippen molar-refractivity contribution in [3.8, 4) is 0 Å². The number of nitrogens with zero attached hydrogens (tertiary/aromatic N) is 2. The Hall–Kier alpha value is -1.95. The van der Waals surface area contributed by atoms with Gasteiger partial charge in [0.2, 0.25) is 0 Å². The molecule has 0 fully saturated rings. The van der Waals surface area contributed by atoms with Gasteiger partial charge in [-0.2, -0.15) is 0 Å². The van der Waals surface area contributed by atoms with Crippen LogP contribution in [0, 0.1) is 6.92 Å². The molecule has 2 N–H and O–H groups in total. The quantitative estimate of drug-likeness (QED) is 0.868. The van der Waals surface area contributed by atoms with Crippen LogP contribution in [0.3, 0.4) is 0 Å². The molecule has 5 nitrogen and oxygen atoms in total. The molecule has 0 radical (unpaired) electrons. The summed E-state index contributed by atoms with van der Waals surface area (Å²) in [6, 6.07) is 3.79. The Morgan fingerprint density at radius 3 is 2.76 bits per heavy atom. The second-order valence-corrected chi connectivity index (χ2v) is 4.45. The fourth-order valence-corrected chi connectivity index (χ4v) is 2.15.